The van der Waals surface area contributed by atoms with Crippen LogP contribution in [0.1, 0.15) is 66.0 Å². The normalized spacial score (nSPS) is 15.2. The average molecular weight is 572 g/mol. The van der Waals surface area contributed by atoms with Crippen molar-refractivity contribution in [3.05, 3.63) is 98.1 Å². The lowest BCUT2D eigenvalue weighted by molar-refractivity contribution is 0.157. The number of benzene rings is 3. The van der Waals surface area contributed by atoms with Crippen LogP contribution < -0.4 is 10.3 Å². The van der Waals surface area contributed by atoms with Crippen LogP contribution in [0, 0.1) is 34.6 Å². The van der Waals surface area contributed by atoms with Crippen LogP contribution >= 0.6 is 0 Å². The first-order valence-electron chi connectivity index (χ1n) is 13.7. The summed E-state index contributed by atoms with van der Waals surface area (Å²) in [5.41, 5.74) is 5.35. The molecule has 1 aromatic heterocycles. The largest absolute Gasteiger partial charge is 0.483 e. The summed E-state index contributed by atoms with van der Waals surface area (Å²) in [7, 11) is -2.50. The van der Waals surface area contributed by atoms with Gasteiger partial charge in [0.05, 0.1) is 27.5 Å². The van der Waals surface area contributed by atoms with Gasteiger partial charge in [0.15, 0.2) is 0 Å². The predicted octanol–water partition coefficient (Wildman–Crippen LogP) is 6.49. The van der Waals surface area contributed by atoms with Crippen molar-refractivity contribution in [2.45, 2.75) is 71.9 Å². The Labute approximate surface area is 242 Å². The highest BCUT2D eigenvalue weighted by Crippen LogP contribution is 2.42. The molecule has 1 unspecified atom stereocenters. The summed E-state index contributed by atoms with van der Waals surface area (Å²) in [6, 6.07) is 12.2. The molecule has 0 spiro atoms. The van der Waals surface area contributed by atoms with Crippen molar-refractivity contribution in [1.82, 2.24) is 13.9 Å². The van der Waals surface area contributed by atoms with E-state index in [1.54, 1.807) is 43.7 Å². The van der Waals surface area contributed by atoms with Crippen molar-refractivity contribution in [3.63, 3.8) is 0 Å². The van der Waals surface area contributed by atoms with E-state index >= 15 is 0 Å². The standard InChI is InChI=1S/C33H37N3O4S/c1-19-14-15-28(20(2)18-19)36-31(34-27-13-11-10-12-26(27)32(36)37)24(6)35(9)41(38,39)30-22(4)21(3)25-16-17-33(7,8)40-29(25)23(30)5/h10-18,24H,1-9H3. The Hall–Kier alpha value is -3.75. The van der Waals surface area contributed by atoms with Gasteiger partial charge in [0.2, 0.25) is 10.0 Å². The monoisotopic (exact) mass is 571 g/mol. The van der Waals surface area contributed by atoms with Crippen LogP contribution in [-0.4, -0.2) is 34.9 Å². The van der Waals surface area contributed by atoms with Crippen LogP contribution in [0.5, 0.6) is 5.75 Å². The number of nitrogens with zero attached hydrogens (tertiary/aromatic N) is 3. The van der Waals surface area contributed by atoms with Gasteiger partial charge in [0.25, 0.3) is 5.56 Å². The third-order valence-electron chi connectivity index (χ3n) is 8.20. The molecule has 0 aliphatic carbocycles. The lowest BCUT2D eigenvalue weighted by Gasteiger charge is -2.33. The Balaban J connectivity index is 1.72. The van der Waals surface area contributed by atoms with Crippen LogP contribution in [0.4, 0.5) is 0 Å². The van der Waals surface area contributed by atoms with Crippen molar-refractivity contribution in [3.8, 4) is 11.4 Å². The number of ether oxygens (including phenoxy) is 1. The number of aromatic nitrogens is 2. The number of aryl methyl sites for hydroxylation is 2. The highest BCUT2D eigenvalue weighted by Gasteiger charge is 2.36. The first-order valence-corrected chi connectivity index (χ1v) is 15.2. The highest BCUT2D eigenvalue weighted by atomic mass is 32.2. The van der Waals surface area contributed by atoms with E-state index in [1.165, 1.54) is 4.31 Å². The molecule has 41 heavy (non-hydrogen) atoms. The molecule has 0 saturated carbocycles. The first-order chi connectivity index (χ1) is 19.2. The van der Waals surface area contributed by atoms with E-state index in [9.17, 15) is 13.2 Å². The summed E-state index contributed by atoms with van der Waals surface area (Å²) in [6.45, 7) is 15.2. The Bertz CT molecular complexity index is 1920. The molecule has 3 aromatic carbocycles. The van der Waals surface area contributed by atoms with E-state index < -0.39 is 21.7 Å². The van der Waals surface area contributed by atoms with Crippen LogP contribution in [-0.2, 0) is 10.0 Å². The maximum atomic E-state index is 14.4. The van der Waals surface area contributed by atoms with Crippen LogP contribution in [0.25, 0.3) is 22.7 Å². The van der Waals surface area contributed by atoms with Gasteiger partial charge in [-0.25, -0.2) is 13.4 Å². The molecule has 8 heteroatoms. The van der Waals surface area contributed by atoms with Gasteiger partial charge in [-0.1, -0.05) is 35.9 Å². The predicted molar refractivity (Wildman–Crippen MR) is 165 cm³/mol. The van der Waals surface area contributed by atoms with Crippen molar-refractivity contribution in [1.29, 1.82) is 0 Å². The van der Waals surface area contributed by atoms with Gasteiger partial charge in [-0.05, 0) is 96.4 Å². The summed E-state index contributed by atoms with van der Waals surface area (Å²) in [6.07, 6.45) is 4.00. The zero-order chi connectivity index (χ0) is 30.0. The number of para-hydroxylation sites is 1. The molecule has 0 bridgehead atoms. The average Bonchev–Trinajstić information content (AvgIpc) is 2.91. The molecular formula is C33H37N3O4S. The molecule has 214 valence electrons. The van der Waals surface area contributed by atoms with Gasteiger partial charge in [-0.2, -0.15) is 4.31 Å². The summed E-state index contributed by atoms with van der Waals surface area (Å²) < 4.78 is 38.0. The molecule has 7 nitrogen and oxygen atoms in total. The summed E-state index contributed by atoms with van der Waals surface area (Å²) in [4.78, 5) is 19.0. The van der Waals surface area contributed by atoms with Gasteiger partial charge in [0, 0.05) is 18.2 Å². The first kappa shape index (κ1) is 28.8. The lowest BCUT2D eigenvalue weighted by Crippen LogP contribution is -2.36. The fourth-order valence-electron chi connectivity index (χ4n) is 5.66. The lowest BCUT2D eigenvalue weighted by atomic mass is 9.93. The fraction of sp³-hybridized carbons (Fsp3) is 0.333. The van der Waals surface area contributed by atoms with Crippen LogP contribution in [0.2, 0.25) is 0 Å². The molecule has 0 amide bonds. The second kappa shape index (κ2) is 9.96. The van der Waals surface area contributed by atoms with Crippen molar-refractivity contribution in [2.75, 3.05) is 7.05 Å². The molecule has 0 saturated heterocycles. The van der Waals surface area contributed by atoms with E-state index in [4.69, 9.17) is 9.72 Å². The summed E-state index contributed by atoms with van der Waals surface area (Å²) in [5, 5.41) is 0.471. The molecule has 1 atom stereocenters. The number of rotatable bonds is 5. The summed E-state index contributed by atoms with van der Waals surface area (Å²) >= 11 is 0. The maximum absolute atomic E-state index is 14.4. The molecular weight excluding hydrogens is 534 g/mol. The number of sulfonamides is 1. The Morgan fingerprint density at radius 3 is 2.34 bits per heavy atom. The van der Waals surface area contributed by atoms with Crippen molar-refractivity contribution >= 4 is 27.0 Å². The summed E-state index contributed by atoms with van der Waals surface area (Å²) in [5.74, 6) is 0.924. The van der Waals surface area contributed by atoms with Gasteiger partial charge < -0.3 is 4.74 Å². The molecule has 1 aliphatic rings. The third kappa shape index (κ3) is 4.69. The van der Waals surface area contributed by atoms with Crippen LogP contribution in [0.15, 0.2) is 58.2 Å². The SMILES string of the molecule is Cc1ccc(-n2c(C(C)N(C)S(=O)(=O)c3c(C)c(C)c4c(c3C)OC(C)(C)C=C4)nc3ccccc3c2=O)c(C)c1. The number of hydrogen-bond donors (Lipinski definition) is 0. The minimum absolute atomic E-state index is 0.218. The highest BCUT2D eigenvalue weighted by molar-refractivity contribution is 7.89. The van der Waals surface area contributed by atoms with Gasteiger partial charge in [0.1, 0.15) is 17.2 Å². The van der Waals surface area contributed by atoms with Crippen LogP contribution in [0.3, 0.4) is 0 Å². The quantitative estimate of drug-likeness (QED) is 0.273. The van der Waals surface area contributed by atoms with E-state index in [-0.39, 0.29) is 10.5 Å². The van der Waals surface area contributed by atoms with E-state index in [1.807, 2.05) is 78.0 Å². The maximum Gasteiger partial charge on any atom is 0.266 e. The smallest absolute Gasteiger partial charge is 0.266 e. The molecule has 0 fully saturated rings. The van der Waals surface area contributed by atoms with Crippen molar-refractivity contribution < 1.29 is 13.2 Å². The van der Waals surface area contributed by atoms with Gasteiger partial charge >= 0.3 is 0 Å². The molecule has 2 heterocycles. The molecule has 1 aliphatic heterocycles. The van der Waals surface area contributed by atoms with Gasteiger partial charge in [-0.15, -0.1) is 0 Å². The zero-order valence-electron chi connectivity index (χ0n) is 25.2. The Kier molecular flexibility index (Phi) is 6.99. The third-order valence-corrected chi connectivity index (χ3v) is 10.4. The Morgan fingerprint density at radius 2 is 1.66 bits per heavy atom. The topological polar surface area (TPSA) is 81.5 Å². The number of hydrogen-bond acceptors (Lipinski definition) is 5. The van der Waals surface area contributed by atoms with Crippen molar-refractivity contribution in [2.24, 2.45) is 0 Å². The van der Waals surface area contributed by atoms with E-state index in [0.29, 0.717) is 39.3 Å². The molecule has 0 N–H and O–H groups in total. The fourth-order valence-corrected chi connectivity index (χ4v) is 7.48. The van der Waals surface area contributed by atoms with Gasteiger partial charge in [-0.3, -0.25) is 9.36 Å². The second-order valence-corrected chi connectivity index (χ2v) is 13.5. The van der Waals surface area contributed by atoms with E-state index in [0.717, 1.165) is 22.3 Å². The van der Waals surface area contributed by atoms with E-state index in [2.05, 4.69) is 0 Å². The minimum Gasteiger partial charge on any atom is -0.483 e. The Morgan fingerprint density at radius 1 is 0.976 bits per heavy atom. The number of fused-ring (bicyclic) bond motifs is 2. The molecule has 0 radical (unpaired) electrons. The zero-order valence-corrected chi connectivity index (χ0v) is 26.0. The second-order valence-electron chi connectivity index (χ2n) is 11.6. The minimum atomic E-state index is -4.05. The molecule has 5 rings (SSSR count). The molecule has 4 aromatic rings.